The lowest BCUT2D eigenvalue weighted by Crippen LogP contribution is -2.27. The van der Waals surface area contributed by atoms with E-state index in [4.69, 9.17) is 12.2 Å². The van der Waals surface area contributed by atoms with Gasteiger partial charge in [-0.15, -0.1) is 6.58 Å². The molecule has 1 aliphatic heterocycles. The molecule has 32 heavy (non-hydrogen) atoms. The third-order valence-corrected chi connectivity index (χ3v) is 6.28. The van der Waals surface area contributed by atoms with Gasteiger partial charge in [-0.05, 0) is 42.3 Å². The number of halogens is 1. The van der Waals surface area contributed by atoms with E-state index in [9.17, 15) is 14.0 Å². The summed E-state index contributed by atoms with van der Waals surface area (Å²) in [5, 5.41) is 3.09. The number of fused-ring (bicyclic) bond motifs is 1. The van der Waals surface area contributed by atoms with E-state index in [2.05, 4.69) is 16.9 Å². The van der Waals surface area contributed by atoms with Crippen LogP contribution >= 0.6 is 24.0 Å². The van der Waals surface area contributed by atoms with Crippen LogP contribution in [0.1, 0.15) is 16.7 Å². The van der Waals surface area contributed by atoms with Crippen molar-refractivity contribution in [1.82, 2.24) is 14.3 Å². The molecule has 1 N–H and O–H groups in total. The maximum Gasteiger partial charge on any atom is 0.267 e. The van der Waals surface area contributed by atoms with Gasteiger partial charge >= 0.3 is 0 Å². The minimum Gasteiger partial charge on any atom is -0.366 e. The Kier molecular flexibility index (Phi) is 6.20. The van der Waals surface area contributed by atoms with E-state index in [0.717, 1.165) is 22.9 Å². The Morgan fingerprint density at radius 2 is 2.00 bits per heavy atom. The highest BCUT2D eigenvalue weighted by Crippen LogP contribution is 2.34. The predicted molar refractivity (Wildman–Crippen MR) is 130 cm³/mol. The fraction of sp³-hybridized carbons (Fsp3) is 0.130. The number of nitrogens with one attached hydrogen (secondary N) is 1. The molecule has 1 saturated heterocycles. The molecule has 0 spiro atoms. The molecule has 1 amide bonds. The number of carbonyl (C=O) groups excluding carboxylic acids is 1. The number of benzene rings is 1. The second-order valence-electron chi connectivity index (χ2n) is 7.13. The van der Waals surface area contributed by atoms with E-state index in [1.807, 2.05) is 13.0 Å². The number of aromatic nitrogens is 2. The number of aryl methyl sites for hydroxylation is 1. The van der Waals surface area contributed by atoms with Crippen molar-refractivity contribution in [2.75, 3.05) is 11.9 Å². The van der Waals surface area contributed by atoms with Crippen molar-refractivity contribution < 1.29 is 9.18 Å². The Bertz CT molecular complexity index is 1330. The number of thiocarbonyl (C=S) groups is 1. The summed E-state index contributed by atoms with van der Waals surface area (Å²) in [7, 11) is 0. The highest BCUT2D eigenvalue weighted by Gasteiger charge is 2.32. The molecule has 0 saturated carbocycles. The zero-order valence-corrected chi connectivity index (χ0v) is 18.8. The number of nitrogens with zero attached hydrogens (tertiary/aromatic N) is 3. The monoisotopic (exact) mass is 466 g/mol. The first-order valence-electron chi connectivity index (χ1n) is 9.75. The topological polar surface area (TPSA) is 66.7 Å². The molecule has 0 unspecified atom stereocenters. The first-order chi connectivity index (χ1) is 15.4. The first-order valence-corrected chi connectivity index (χ1v) is 11.0. The zero-order chi connectivity index (χ0) is 22.8. The minimum atomic E-state index is -0.349. The number of carbonyl (C=O) groups is 1. The third kappa shape index (κ3) is 4.21. The standard InChI is InChI=1S/C23H19FN4O2S2/c1-3-10-25-19-17(21(29)27-11-4-5-14(2)20(27)26-19)12-18-22(30)28(23(31)32-18)13-15-6-8-16(24)9-7-15/h3-9,11-12,25H,1,10,13H2,2H3/b18-12+. The summed E-state index contributed by atoms with van der Waals surface area (Å²) >= 11 is 6.51. The van der Waals surface area contributed by atoms with Crippen molar-refractivity contribution in [3.05, 3.63) is 93.0 Å². The molecule has 4 rings (SSSR count). The summed E-state index contributed by atoms with van der Waals surface area (Å²) < 4.78 is 15.0. The third-order valence-electron chi connectivity index (χ3n) is 4.90. The summed E-state index contributed by atoms with van der Waals surface area (Å²) in [5.74, 6) is -0.293. The molecule has 0 aliphatic carbocycles. The molecule has 1 fully saturated rings. The van der Waals surface area contributed by atoms with Gasteiger partial charge in [-0.1, -0.05) is 48.3 Å². The van der Waals surface area contributed by atoms with Crippen molar-refractivity contribution >= 4 is 51.7 Å². The lowest BCUT2D eigenvalue weighted by molar-refractivity contribution is -0.122. The highest BCUT2D eigenvalue weighted by atomic mass is 32.2. The quantitative estimate of drug-likeness (QED) is 0.335. The van der Waals surface area contributed by atoms with Gasteiger partial charge in [-0.2, -0.15) is 0 Å². The smallest absolute Gasteiger partial charge is 0.267 e. The van der Waals surface area contributed by atoms with E-state index < -0.39 is 0 Å². The molecule has 0 bridgehead atoms. The second kappa shape index (κ2) is 9.05. The van der Waals surface area contributed by atoms with Crippen molar-refractivity contribution in [3.63, 3.8) is 0 Å². The lowest BCUT2D eigenvalue weighted by Gasteiger charge is -2.14. The maximum absolute atomic E-state index is 13.3. The molecule has 3 heterocycles. The van der Waals surface area contributed by atoms with E-state index in [1.165, 1.54) is 27.5 Å². The Balaban J connectivity index is 1.74. The normalized spacial score (nSPS) is 15.1. The van der Waals surface area contributed by atoms with Crippen LogP contribution < -0.4 is 10.9 Å². The molecule has 1 aliphatic rings. The Morgan fingerprint density at radius 1 is 1.25 bits per heavy atom. The van der Waals surface area contributed by atoms with E-state index in [1.54, 1.807) is 30.5 Å². The molecule has 3 aromatic rings. The number of pyridine rings is 1. The number of thioether (sulfide) groups is 1. The average molecular weight is 467 g/mol. The van der Waals surface area contributed by atoms with E-state index in [0.29, 0.717) is 27.2 Å². The zero-order valence-electron chi connectivity index (χ0n) is 17.2. The number of hydrogen-bond donors (Lipinski definition) is 1. The number of rotatable bonds is 6. The van der Waals surface area contributed by atoms with Crippen LogP contribution in [0.2, 0.25) is 0 Å². The van der Waals surface area contributed by atoms with Crippen molar-refractivity contribution in [3.8, 4) is 0 Å². The number of anilines is 1. The van der Waals surface area contributed by atoms with Gasteiger partial charge in [0.1, 0.15) is 21.6 Å². The van der Waals surface area contributed by atoms with Crippen LogP contribution in [0.3, 0.4) is 0 Å². The van der Waals surface area contributed by atoms with Gasteiger partial charge in [0.05, 0.1) is 17.0 Å². The average Bonchev–Trinajstić information content (AvgIpc) is 3.04. The molecule has 2 aromatic heterocycles. The van der Waals surface area contributed by atoms with Gasteiger partial charge in [0.2, 0.25) is 0 Å². The Labute approximate surface area is 193 Å². The Morgan fingerprint density at radius 3 is 2.72 bits per heavy atom. The van der Waals surface area contributed by atoms with Gasteiger partial charge in [0.25, 0.3) is 11.5 Å². The van der Waals surface area contributed by atoms with E-state index >= 15 is 0 Å². The largest absolute Gasteiger partial charge is 0.366 e. The minimum absolute atomic E-state index is 0.220. The van der Waals surface area contributed by atoms with Crippen LogP contribution in [0, 0.1) is 12.7 Å². The molecule has 162 valence electrons. The lowest BCUT2D eigenvalue weighted by atomic mass is 10.2. The van der Waals surface area contributed by atoms with Gasteiger partial charge in [-0.3, -0.25) is 18.9 Å². The van der Waals surface area contributed by atoms with Gasteiger partial charge < -0.3 is 5.32 Å². The summed E-state index contributed by atoms with van der Waals surface area (Å²) in [6.45, 7) is 6.19. The predicted octanol–water partition coefficient (Wildman–Crippen LogP) is 4.14. The fourth-order valence-electron chi connectivity index (χ4n) is 3.29. The van der Waals surface area contributed by atoms with Crippen molar-refractivity contribution in [1.29, 1.82) is 0 Å². The van der Waals surface area contributed by atoms with Crippen LogP contribution in [-0.2, 0) is 11.3 Å². The molecular weight excluding hydrogens is 447 g/mol. The molecule has 9 heteroatoms. The molecule has 0 radical (unpaired) electrons. The maximum atomic E-state index is 13.3. The van der Waals surface area contributed by atoms with Gasteiger partial charge in [0, 0.05) is 12.7 Å². The van der Waals surface area contributed by atoms with Crippen LogP contribution in [0.4, 0.5) is 10.2 Å². The molecule has 0 atom stereocenters. The SMILES string of the molecule is C=CCNc1nc2c(C)cccn2c(=O)c1/C=C1/SC(=S)N(Cc2ccc(F)cc2)C1=O. The van der Waals surface area contributed by atoms with Crippen LogP contribution in [-0.4, -0.2) is 31.1 Å². The summed E-state index contributed by atoms with van der Waals surface area (Å²) in [6, 6.07) is 9.54. The summed E-state index contributed by atoms with van der Waals surface area (Å²) in [5.41, 5.74) is 2.10. The van der Waals surface area contributed by atoms with Gasteiger partial charge in [-0.25, -0.2) is 9.37 Å². The van der Waals surface area contributed by atoms with Gasteiger partial charge in [0.15, 0.2) is 0 Å². The molecule has 6 nitrogen and oxygen atoms in total. The van der Waals surface area contributed by atoms with Crippen LogP contribution in [0.5, 0.6) is 0 Å². The Hall–Kier alpha value is -3.30. The van der Waals surface area contributed by atoms with Crippen molar-refractivity contribution in [2.45, 2.75) is 13.5 Å². The molecule has 1 aromatic carbocycles. The first kappa shape index (κ1) is 21.9. The van der Waals surface area contributed by atoms with E-state index in [-0.39, 0.29) is 29.4 Å². The summed E-state index contributed by atoms with van der Waals surface area (Å²) in [6.07, 6.45) is 4.83. The molecular formula is C23H19FN4O2S2. The van der Waals surface area contributed by atoms with Crippen LogP contribution in [0.25, 0.3) is 11.7 Å². The highest BCUT2D eigenvalue weighted by molar-refractivity contribution is 8.26. The fourth-order valence-corrected chi connectivity index (χ4v) is 4.52. The number of hydrogen-bond acceptors (Lipinski definition) is 6. The van der Waals surface area contributed by atoms with Crippen LogP contribution in [0.15, 0.2) is 64.9 Å². The summed E-state index contributed by atoms with van der Waals surface area (Å²) in [4.78, 5) is 32.7. The van der Waals surface area contributed by atoms with Crippen molar-refractivity contribution in [2.24, 2.45) is 0 Å². The second-order valence-corrected chi connectivity index (χ2v) is 8.80. The number of amides is 1.